The lowest BCUT2D eigenvalue weighted by Gasteiger charge is -2.45. The van der Waals surface area contributed by atoms with Gasteiger partial charge in [-0.1, -0.05) is 0 Å². The van der Waals surface area contributed by atoms with Gasteiger partial charge in [0.2, 0.25) is 5.91 Å². The number of carbonyl (C=O) groups excluding carboxylic acids is 1. The molecule has 2 aromatic carbocycles. The smallest absolute Gasteiger partial charge is 0.269 e. The zero-order chi connectivity index (χ0) is 22.1. The predicted molar refractivity (Wildman–Crippen MR) is 115 cm³/mol. The van der Waals surface area contributed by atoms with Crippen molar-refractivity contribution in [1.29, 1.82) is 0 Å². The summed E-state index contributed by atoms with van der Waals surface area (Å²) >= 11 is 0. The van der Waals surface area contributed by atoms with Crippen LogP contribution in [0.3, 0.4) is 0 Å². The predicted octanol–water partition coefficient (Wildman–Crippen LogP) is 3.48. The van der Waals surface area contributed by atoms with E-state index in [4.69, 9.17) is 9.47 Å². The molecule has 0 saturated carbocycles. The first-order valence-corrected chi connectivity index (χ1v) is 10.5. The zero-order valence-electron chi connectivity index (χ0n) is 18.0. The van der Waals surface area contributed by atoms with Crippen molar-refractivity contribution in [3.8, 4) is 11.5 Å². The first-order valence-electron chi connectivity index (χ1n) is 10.5. The molecule has 2 aromatic rings. The summed E-state index contributed by atoms with van der Waals surface area (Å²) in [6.07, 6.45) is 0.562. The normalized spacial score (nSPS) is 26.4. The molecule has 2 bridgehead atoms. The molecule has 1 fully saturated rings. The molecular weight excluding hydrogens is 398 g/mol. The van der Waals surface area contributed by atoms with Crippen LogP contribution in [0.25, 0.3) is 0 Å². The Morgan fingerprint density at radius 2 is 2.10 bits per heavy atom. The molecule has 3 heterocycles. The Kier molecular flexibility index (Phi) is 4.03. The molecule has 1 amide bonds. The summed E-state index contributed by atoms with van der Waals surface area (Å²) in [6.45, 7) is 6.64. The third-order valence-corrected chi connectivity index (χ3v) is 7.16. The summed E-state index contributed by atoms with van der Waals surface area (Å²) in [5, 5.41) is 14.4. The van der Waals surface area contributed by atoms with Gasteiger partial charge in [-0.05, 0) is 50.6 Å². The number of anilines is 1. The number of rotatable bonds is 4. The van der Waals surface area contributed by atoms with Gasteiger partial charge in [-0.25, -0.2) is 0 Å². The number of hydrogen-bond acceptors (Lipinski definition) is 6. The fourth-order valence-corrected chi connectivity index (χ4v) is 5.67. The van der Waals surface area contributed by atoms with Gasteiger partial charge in [-0.2, -0.15) is 0 Å². The number of nitro benzene ring substituents is 1. The molecule has 1 saturated heterocycles. The molecule has 162 valence electrons. The third-order valence-electron chi connectivity index (χ3n) is 7.16. The molecule has 1 spiro atoms. The second-order valence-electron chi connectivity index (χ2n) is 8.89. The van der Waals surface area contributed by atoms with E-state index in [1.54, 1.807) is 19.2 Å². The van der Waals surface area contributed by atoms with Crippen molar-refractivity contribution in [1.82, 2.24) is 5.32 Å². The highest BCUT2D eigenvalue weighted by Crippen LogP contribution is 2.65. The molecule has 8 heteroatoms. The van der Waals surface area contributed by atoms with Gasteiger partial charge in [-0.15, -0.1) is 0 Å². The maximum absolute atomic E-state index is 13.3. The molecular formula is C23H25N3O5. The number of ether oxygens (including phenoxy) is 2. The minimum absolute atomic E-state index is 0.00408. The van der Waals surface area contributed by atoms with E-state index in [0.29, 0.717) is 18.7 Å². The summed E-state index contributed by atoms with van der Waals surface area (Å²) in [7, 11) is 1.64. The maximum atomic E-state index is 13.3. The average molecular weight is 423 g/mol. The van der Waals surface area contributed by atoms with Crippen molar-refractivity contribution in [2.24, 2.45) is 0 Å². The van der Waals surface area contributed by atoms with E-state index < -0.39 is 22.1 Å². The topological polar surface area (TPSA) is 93.9 Å². The zero-order valence-corrected chi connectivity index (χ0v) is 18.0. The van der Waals surface area contributed by atoms with Crippen LogP contribution in [-0.4, -0.2) is 36.3 Å². The molecule has 0 aliphatic carbocycles. The minimum Gasteiger partial charge on any atom is -0.497 e. The molecule has 0 radical (unpaired) electrons. The summed E-state index contributed by atoms with van der Waals surface area (Å²) in [6, 6.07) is 10.0. The van der Waals surface area contributed by atoms with Gasteiger partial charge < -0.3 is 19.7 Å². The minimum atomic E-state index is -0.773. The number of nitrogens with one attached hydrogen (secondary N) is 1. The van der Waals surface area contributed by atoms with Crippen molar-refractivity contribution >= 4 is 17.3 Å². The Labute approximate surface area is 180 Å². The summed E-state index contributed by atoms with van der Waals surface area (Å²) in [5.74, 6) is 1.04. The molecule has 5 rings (SSSR count). The fourth-order valence-electron chi connectivity index (χ4n) is 5.67. The van der Waals surface area contributed by atoms with Crippen LogP contribution in [0.4, 0.5) is 11.4 Å². The highest BCUT2D eigenvalue weighted by molar-refractivity contribution is 5.91. The lowest BCUT2D eigenvalue weighted by atomic mass is 9.72. The largest absolute Gasteiger partial charge is 0.497 e. The van der Waals surface area contributed by atoms with E-state index in [-0.39, 0.29) is 17.5 Å². The van der Waals surface area contributed by atoms with Crippen LogP contribution in [0.15, 0.2) is 36.4 Å². The van der Waals surface area contributed by atoms with E-state index in [2.05, 4.69) is 24.1 Å². The number of nitro groups is 1. The number of methoxy groups -OCH3 is 1. The van der Waals surface area contributed by atoms with Gasteiger partial charge in [0.05, 0.1) is 17.4 Å². The van der Waals surface area contributed by atoms with Crippen LogP contribution in [0.5, 0.6) is 11.5 Å². The highest BCUT2D eigenvalue weighted by atomic mass is 16.6. The van der Waals surface area contributed by atoms with E-state index in [1.807, 2.05) is 25.1 Å². The third kappa shape index (κ3) is 2.38. The van der Waals surface area contributed by atoms with E-state index in [0.717, 1.165) is 22.6 Å². The Balaban J connectivity index is 1.74. The van der Waals surface area contributed by atoms with Gasteiger partial charge in [-0.3, -0.25) is 14.9 Å². The Hall–Kier alpha value is -3.29. The number of fused-ring (bicyclic) bond motifs is 5. The van der Waals surface area contributed by atoms with E-state index in [9.17, 15) is 14.9 Å². The van der Waals surface area contributed by atoms with Crippen molar-refractivity contribution in [3.63, 3.8) is 0 Å². The van der Waals surface area contributed by atoms with E-state index in [1.165, 1.54) is 6.07 Å². The van der Waals surface area contributed by atoms with Crippen molar-refractivity contribution < 1.29 is 19.2 Å². The molecule has 0 unspecified atom stereocenters. The van der Waals surface area contributed by atoms with Gasteiger partial charge >= 0.3 is 0 Å². The number of non-ortho nitro benzene ring substituents is 1. The number of hydrogen-bond donors (Lipinski definition) is 1. The van der Waals surface area contributed by atoms with Crippen LogP contribution in [0, 0.1) is 10.1 Å². The SMILES string of the molecule is CCNC(=O)[C@@H]1[C@@H]2C[C@@]3(Oc4ccc([N+](=O)[O-])cc42)N1c1ccc(OC)cc1C3(C)C. The molecule has 31 heavy (non-hydrogen) atoms. The van der Waals surface area contributed by atoms with Gasteiger partial charge in [0.15, 0.2) is 5.72 Å². The average Bonchev–Trinajstić information content (AvgIpc) is 3.12. The first-order chi connectivity index (χ1) is 14.7. The quantitative estimate of drug-likeness (QED) is 0.598. The number of benzene rings is 2. The van der Waals surface area contributed by atoms with Crippen LogP contribution in [0.1, 0.15) is 44.2 Å². The fraction of sp³-hybridized carbons (Fsp3) is 0.435. The Morgan fingerprint density at radius 1 is 1.32 bits per heavy atom. The van der Waals surface area contributed by atoms with Crippen LogP contribution >= 0.6 is 0 Å². The lowest BCUT2D eigenvalue weighted by molar-refractivity contribution is -0.385. The Morgan fingerprint density at radius 3 is 2.77 bits per heavy atom. The van der Waals surface area contributed by atoms with Crippen molar-refractivity contribution in [2.45, 2.75) is 50.3 Å². The number of likely N-dealkylation sites (N-methyl/N-ethyl adjacent to an activating group) is 1. The van der Waals surface area contributed by atoms with Gasteiger partial charge in [0, 0.05) is 42.3 Å². The lowest BCUT2D eigenvalue weighted by Crippen LogP contribution is -2.59. The van der Waals surface area contributed by atoms with Gasteiger partial charge in [0.1, 0.15) is 17.5 Å². The van der Waals surface area contributed by atoms with E-state index >= 15 is 0 Å². The Bertz CT molecular complexity index is 1110. The number of amides is 1. The molecule has 3 aliphatic heterocycles. The van der Waals surface area contributed by atoms with Crippen molar-refractivity contribution in [2.75, 3.05) is 18.6 Å². The molecule has 0 aromatic heterocycles. The van der Waals surface area contributed by atoms with Crippen LogP contribution < -0.4 is 19.7 Å². The van der Waals surface area contributed by atoms with Crippen LogP contribution in [0.2, 0.25) is 0 Å². The number of carbonyl (C=O) groups is 1. The molecule has 3 atom stereocenters. The van der Waals surface area contributed by atoms with Gasteiger partial charge in [0.25, 0.3) is 5.69 Å². The van der Waals surface area contributed by atoms with Crippen LogP contribution in [-0.2, 0) is 10.2 Å². The highest BCUT2D eigenvalue weighted by Gasteiger charge is 2.70. The second kappa shape index (κ2) is 6.35. The summed E-state index contributed by atoms with van der Waals surface area (Å²) in [4.78, 5) is 26.4. The molecule has 8 nitrogen and oxygen atoms in total. The monoisotopic (exact) mass is 423 g/mol. The second-order valence-corrected chi connectivity index (χ2v) is 8.89. The molecule has 1 N–H and O–H groups in total. The summed E-state index contributed by atoms with van der Waals surface area (Å²) in [5.41, 5.74) is 1.50. The maximum Gasteiger partial charge on any atom is 0.269 e. The molecule has 3 aliphatic rings. The summed E-state index contributed by atoms with van der Waals surface area (Å²) < 4.78 is 12.1. The van der Waals surface area contributed by atoms with Crippen molar-refractivity contribution in [3.05, 3.63) is 57.6 Å². The number of nitrogens with zero attached hydrogens (tertiary/aromatic N) is 2. The first kappa shape index (κ1) is 19.7. The standard InChI is InChI=1S/C23H25N3O5/c1-5-24-21(27)20-16-12-23(31-19-9-6-13(26(28)29)10-15(16)19)22(2,3)17-11-14(30-4)7-8-18(17)25(20)23/h6-11,16,20H,5,12H2,1-4H3,(H,24,27)/t16-,20+,23+/m1/s1.